The van der Waals surface area contributed by atoms with Crippen molar-refractivity contribution in [3.63, 3.8) is 0 Å². The number of ether oxygens (including phenoxy) is 1. The lowest BCUT2D eigenvalue weighted by Gasteiger charge is -2.31. The summed E-state index contributed by atoms with van der Waals surface area (Å²) >= 11 is 6.00. The van der Waals surface area contributed by atoms with Crippen molar-refractivity contribution in [2.75, 3.05) is 39.4 Å². The number of Topliss-reactive ketones (excluding diaryl/α,β-unsaturated/α-hetero) is 1. The number of aliphatic hydroxyl groups is 1. The number of nitrogens with zero attached hydrogens (tertiary/aromatic N) is 2. The number of hydrogen-bond acceptors (Lipinski definition) is 6. The summed E-state index contributed by atoms with van der Waals surface area (Å²) in [7, 11) is 0. The number of carbonyl (C=O) groups is 2. The summed E-state index contributed by atoms with van der Waals surface area (Å²) in [4.78, 5) is 29.4. The van der Waals surface area contributed by atoms with Crippen LogP contribution in [0.4, 0.5) is 4.39 Å². The summed E-state index contributed by atoms with van der Waals surface area (Å²) in [6, 6.07) is 8.51. The summed E-state index contributed by atoms with van der Waals surface area (Å²) in [6.45, 7) is 3.34. The van der Waals surface area contributed by atoms with E-state index >= 15 is 0 Å². The Morgan fingerprint density at radius 2 is 1.78 bits per heavy atom. The monoisotopic (exact) mass is 460 g/mol. The van der Waals surface area contributed by atoms with Crippen molar-refractivity contribution >= 4 is 29.1 Å². The Bertz CT molecular complexity index is 1070. The standard InChI is InChI=1S/C23H22ClFN2O5/c24-15-3-6-18(28)17(13-15)21(29)19-20(14-1-4-16(25)5-2-14)27(23(31)22(19)30)8-7-26-9-11-32-12-10-26/h1-6,13,20,28-29H,7-12H2/t20-/m0/s1. The van der Waals surface area contributed by atoms with E-state index in [9.17, 15) is 24.2 Å². The minimum absolute atomic E-state index is 0.0595. The number of halogens is 2. The molecule has 2 aromatic rings. The third kappa shape index (κ3) is 4.34. The van der Waals surface area contributed by atoms with Gasteiger partial charge in [0.05, 0.1) is 30.4 Å². The van der Waals surface area contributed by atoms with Gasteiger partial charge in [-0.25, -0.2) is 4.39 Å². The molecule has 0 bridgehead atoms. The van der Waals surface area contributed by atoms with Gasteiger partial charge in [-0.05, 0) is 35.9 Å². The third-order valence-corrected chi connectivity index (χ3v) is 5.94. The molecule has 2 aliphatic heterocycles. The van der Waals surface area contributed by atoms with Crippen LogP contribution in [0.5, 0.6) is 5.75 Å². The Morgan fingerprint density at radius 3 is 2.47 bits per heavy atom. The first-order valence-corrected chi connectivity index (χ1v) is 10.6. The summed E-state index contributed by atoms with van der Waals surface area (Å²) in [5.74, 6) is -2.93. The van der Waals surface area contributed by atoms with Gasteiger partial charge in [0.2, 0.25) is 0 Å². The highest BCUT2D eigenvalue weighted by Gasteiger charge is 2.46. The Morgan fingerprint density at radius 1 is 1.09 bits per heavy atom. The Labute approximate surface area is 189 Å². The number of hydrogen-bond donors (Lipinski definition) is 2. The van der Waals surface area contributed by atoms with Crippen LogP contribution in [-0.4, -0.2) is 71.1 Å². The zero-order chi connectivity index (χ0) is 22.8. The second kappa shape index (κ2) is 9.28. The minimum Gasteiger partial charge on any atom is -0.507 e. The van der Waals surface area contributed by atoms with Crippen molar-refractivity contribution < 1.29 is 28.9 Å². The first kappa shape index (κ1) is 22.3. The van der Waals surface area contributed by atoms with Crippen LogP contribution in [0.15, 0.2) is 48.0 Å². The predicted molar refractivity (Wildman–Crippen MR) is 116 cm³/mol. The SMILES string of the molecule is O=C1C(=O)N(CCN2CCOCC2)[C@@H](c2ccc(F)cc2)C1=C(O)c1cc(Cl)ccc1O. The number of phenolic OH excluding ortho intramolecular Hbond substituents is 1. The van der Waals surface area contributed by atoms with E-state index in [1.807, 2.05) is 0 Å². The van der Waals surface area contributed by atoms with Crippen LogP contribution in [-0.2, 0) is 14.3 Å². The minimum atomic E-state index is -0.935. The maximum absolute atomic E-state index is 13.6. The van der Waals surface area contributed by atoms with E-state index in [2.05, 4.69) is 4.90 Å². The average Bonchev–Trinajstić information content (AvgIpc) is 3.05. The summed E-state index contributed by atoms with van der Waals surface area (Å²) in [6.07, 6.45) is 0. The van der Waals surface area contributed by atoms with E-state index in [4.69, 9.17) is 16.3 Å². The van der Waals surface area contributed by atoms with E-state index in [0.29, 0.717) is 38.4 Å². The molecule has 2 N–H and O–H groups in total. The van der Waals surface area contributed by atoms with Crippen LogP contribution in [0.3, 0.4) is 0 Å². The van der Waals surface area contributed by atoms with E-state index in [-0.39, 0.29) is 28.5 Å². The fraction of sp³-hybridized carbons (Fsp3) is 0.304. The second-order valence-electron chi connectivity index (χ2n) is 7.66. The molecule has 1 atom stereocenters. The van der Waals surface area contributed by atoms with E-state index in [1.165, 1.54) is 47.4 Å². The van der Waals surface area contributed by atoms with Gasteiger partial charge < -0.3 is 19.8 Å². The zero-order valence-corrected chi connectivity index (χ0v) is 17.9. The number of aromatic hydroxyl groups is 1. The maximum atomic E-state index is 13.6. The van der Waals surface area contributed by atoms with E-state index in [0.717, 1.165) is 0 Å². The Balaban J connectivity index is 1.76. The number of ketones is 1. The average molecular weight is 461 g/mol. The fourth-order valence-corrected chi connectivity index (χ4v) is 4.19. The van der Waals surface area contributed by atoms with Gasteiger partial charge in [-0.1, -0.05) is 23.7 Å². The molecule has 0 aromatic heterocycles. The maximum Gasteiger partial charge on any atom is 0.295 e. The highest BCUT2D eigenvalue weighted by molar-refractivity contribution is 6.46. The molecule has 0 radical (unpaired) electrons. The number of aliphatic hydroxyl groups excluding tert-OH is 1. The van der Waals surface area contributed by atoms with Crippen molar-refractivity contribution in [2.24, 2.45) is 0 Å². The molecule has 0 unspecified atom stereocenters. The molecule has 168 valence electrons. The van der Waals surface area contributed by atoms with Crippen molar-refractivity contribution in [1.82, 2.24) is 9.80 Å². The summed E-state index contributed by atoms with van der Waals surface area (Å²) in [5, 5.41) is 21.5. The topological polar surface area (TPSA) is 90.3 Å². The van der Waals surface area contributed by atoms with Crippen molar-refractivity contribution in [3.05, 3.63) is 70.0 Å². The van der Waals surface area contributed by atoms with Crippen LogP contribution in [0.25, 0.3) is 5.76 Å². The molecule has 9 heteroatoms. The second-order valence-corrected chi connectivity index (χ2v) is 8.10. The van der Waals surface area contributed by atoms with Crippen molar-refractivity contribution in [3.8, 4) is 5.75 Å². The molecule has 32 heavy (non-hydrogen) atoms. The van der Waals surface area contributed by atoms with Gasteiger partial charge in [0, 0.05) is 31.2 Å². The molecule has 0 spiro atoms. The molecule has 0 aliphatic carbocycles. The molecule has 2 aliphatic rings. The van der Waals surface area contributed by atoms with Crippen LogP contribution in [0.2, 0.25) is 5.02 Å². The number of likely N-dealkylation sites (tertiary alicyclic amines) is 1. The van der Waals surface area contributed by atoms with E-state index in [1.54, 1.807) is 0 Å². The Hall–Kier alpha value is -2.94. The van der Waals surface area contributed by atoms with Gasteiger partial charge in [-0.2, -0.15) is 0 Å². The van der Waals surface area contributed by atoms with E-state index < -0.39 is 29.3 Å². The van der Waals surface area contributed by atoms with Gasteiger partial charge >= 0.3 is 0 Å². The number of carbonyl (C=O) groups excluding carboxylic acids is 2. The lowest BCUT2D eigenvalue weighted by Crippen LogP contribution is -2.42. The van der Waals surface area contributed by atoms with Crippen LogP contribution >= 0.6 is 11.6 Å². The molecule has 4 rings (SSSR count). The van der Waals surface area contributed by atoms with Gasteiger partial charge in [0.1, 0.15) is 17.3 Å². The van der Waals surface area contributed by atoms with Gasteiger partial charge in [-0.15, -0.1) is 0 Å². The summed E-state index contributed by atoms with van der Waals surface area (Å²) in [5.41, 5.74) is 0.229. The highest BCUT2D eigenvalue weighted by atomic mass is 35.5. The molecule has 0 saturated carbocycles. The first-order valence-electron chi connectivity index (χ1n) is 10.2. The number of rotatable bonds is 5. The molecule has 2 saturated heterocycles. The number of phenols is 1. The molecule has 2 heterocycles. The molecule has 2 aromatic carbocycles. The van der Waals surface area contributed by atoms with Crippen molar-refractivity contribution in [1.29, 1.82) is 0 Å². The highest BCUT2D eigenvalue weighted by Crippen LogP contribution is 2.41. The van der Waals surface area contributed by atoms with Crippen LogP contribution < -0.4 is 0 Å². The number of morpholine rings is 1. The van der Waals surface area contributed by atoms with Crippen LogP contribution in [0, 0.1) is 5.82 Å². The third-order valence-electron chi connectivity index (χ3n) is 5.70. The molecule has 1 amide bonds. The molecule has 7 nitrogen and oxygen atoms in total. The van der Waals surface area contributed by atoms with Gasteiger partial charge in [0.15, 0.2) is 0 Å². The number of amides is 1. The molecular formula is C23H22ClFN2O5. The fourth-order valence-electron chi connectivity index (χ4n) is 4.02. The smallest absolute Gasteiger partial charge is 0.295 e. The number of benzene rings is 2. The Kier molecular flexibility index (Phi) is 6.45. The van der Waals surface area contributed by atoms with Gasteiger partial charge in [-0.3, -0.25) is 14.5 Å². The predicted octanol–water partition coefficient (Wildman–Crippen LogP) is 2.94. The lowest BCUT2D eigenvalue weighted by molar-refractivity contribution is -0.140. The van der Waals surface area contributed by atoms with Crippen LogP contribution in [0.1, 0.15) is 17.2 Å². The zero-order valence-electron chi connectivity index (χ0n) is 17.1. The summed E-state index contributed by atoms with van der Waals surface area (Å²) < 4.78 is 18.9. The molecule has 2 fully saturated rings. The lowest BCUT2D eigenvalue weighted by atomic mass is 9.95. The van der Waals surface area contributed by atoms with Crippen molar-refractivity contribution in [2.45, 2.75) is 6.04 Å². The van der Waals surface area contributed by atoms with Gasteiger partial charge in [0.25, 0.3) is 11.7 Å². The largest absolute Gasteiger partial charge is 0.507 e. The normalized spacial score (nSPS) is 21.3. The quantitative estimate of drug-likeness (QED) is 0.405. The molecular weight excluding hydrogens is 439 g/mol. The first-order chi connectivity index (χ1) is 15.4.